The molecule has 2 heterocycles. The summed E-state index contributed by atoms with van der Waals surface area (Å²) in [5.41, 5.74) is 4.46. The smallest absolute Gasteiger partial charge is 0.271 e. The molecule has 0 radical (unpaired) electrons. The molecule has 0 saturated heterocycles. The normalized spacial score (nSPS) is 15.3. The maximum Gasteiger partial charge on any atom is 0.271 e. The zero-order valence-corrected chi connectivity index (χ0v) is 12.4. The Morgan fingerprint density at radius 2 is 2.40 bits per heavy atom. The monoisotopic (exact) mass is 290 g/mol. The summed E-state index contributed by atoms with van der Waals surface area (Å²) in [4.78, 5) is 17.4. The number of hydrogen-bond donors (Lipinski definition) is 1. The molecular formula is C14H18N4OS. The summed E-state index contributed by atoms with van der Waals surface area (Å²) in [5, 5.41) is 7.14. The lowest BCUT2D eigenvalue weighted by Gasteiger charge is -2.12. The summed E-state index contributed by atoms with van der Waals surface area (Å²) in [7, 11) is 0. The molecule has 0 aromatic carbocycles. The number of allylic oxidation sites excluding steroid dienone is 1. The van der Waals surface area contributed by atoms with Gasteiger partial charge in [0.2, 0.25) is 4.96 Å². The highest BCUT2D eigenvalue weighted by Gasteiger charge is 2.18. The van der Waals surface area contributed by atoms with Crippen molar-refractivity contribution >= 4 is 22.2 Å². The van der Waals surface area contributed by atoms with Crippen LogP contribution in [0.2, 0.25) is 0 Å². The minimum Gasteiger partial charge on any atom is -0.350 e. The number of amides is 1. The first-order valence-electron chi connectivity index (χ1n) is 7.00. The van der Waals surface area contributed by atoms with Crippen LogP contribution in [0, 0.1) is 6.92 Å². The number of aryl methyl sites for hydroxylation is 1. The first-order chi connectivity index (χ1) is 9.75. The van der Waals surface area contributed by atoms with Crippen LogP contribution in [0.25, 0.3) is 4.96 Å². The molecule has 0 unspecified atom stereocenters. The number of imidazole rings is 1. The number of carbonyl (C=O) groups is 1. The second-order valence-electron chi connectivity index (χ2n) is 5.09. The molecular weight excluding hydrogens is 272 g/mol. The molecule has 1 N–H and O–H groups in total. The summed E-state index contributed by atoms with van der Waals surface area (Å²) in [6, 6.07) is 0. The fourth-order valence-electron chi connectivity index (χ4n) is 2.61. The maximum absolute atomic E-state index is 12.3. The average Bonchev–Trinajstić information content (AvgIpc) is 2.99. The number of hydrogen-bond acceptors (Lipinski definition) is 4. The van der Waals surface area contributed by atoms with E-state index in [1.165, 1.54) is 42.6 Å². The molecule has 3 rings (SSSR count). The molecule has 106 valence electrons. The molecule has 0 atom stereocenters. The highest BCUT2D eigenvalue weighted by Crippen LogP contribution is 2.19. The minimum atomic E-state index is -0.0858. The molecule has 0 aliphatic heterocycles. The van der Waals surface area contributed by atoms with Gasteiger partial charge in [0.15, 0.2) is 5.69 Å². The quantitative estimate of drug-likeness (QED) is 0.881. The van der Waals surface area contributed by atoms with Gasteiger partial charge in [0.1, 0.15) is 5.51 Å². The maximum atomic E-state index is 12.3. The standard InChI is InChI=1S/C14H18N4OS/c1-10-12(18-14(17-10)20-9-16-18)13(19)15-8-7-11-5-3-2-4-6-11/h5,9H,2-4,6-8H2,1H3,(H,15,19). The number of rotatable bonds is 4. The van der Waals surface area contributed by atoms with Crippen LogP contribution < -0.4 is 5.32 Å². The van der Waals surface area contributed by atoms with Crippen molar-refractivity contribution in [1.29, 1.82) is 0 Å². The molecule has 0 fully saturated rings. The van der Waals surface area contributed by atoms with Crippen molar-refractivity contribution in [3.63, 3.8) is 0 Å². The Morgan fingerprint density at radius 1 is 1.50 bits per heavy atom. The Morgan fingerprint density at radius 3 is 3.20 bits per heavy atom. The molecule has 2 aromatic heterocycles. The van der Waals surface area contributed by atoms with Crippen molar-refractivity contribution in [1.82, 2.24) is 19.9 Å². The van der Waals surface area contributed by atoms with E-state index in [4.69, 9.17) is 0 Å². The van der Waals surface area contributed by atoms with Crippen LogP contribution in [-0.2, 0) is 0 Å². The summed E-state index contributed by atoms with van der Waals surface area (Å²) >= 11 is 1.44. The number of nitrogens with zero attached hydrogens (tertiary/aromatic N) is 3. The lowest BCUT2D eigenvalue weighted by molar-refractivity contribution is 0.0946. The SMILES string of the molecule is Cc1nc2scnn2c1C(=O)NCCC1=CCCCC1. The van der Waals surface area contributed by atoms with Crippen molar-refractivity contribution < 1.29 is 4.79 Å². The number of nitrogens with one attached hydrogen (secondary N) is 1. The van der Waals surface area contributed by atoms with Crippen molar-refractivity contribution in [2.45, 2.75) is 39.0 Å². The molecule has 1 aliphatic rings. The summed E-state index contributed by atoms with van der Waals surface area (Å²) in [5.74, 6) is -0.0858. The topological polar surface area (TPSA) is 59.3 Å². The van der Waals surface area contributed by atoms with Crippen molar-refractivity contribution in [3.05, 3.63) is 28.5 Å². The third kappa shape index (κ3) is 2.60. The van der Waals surface area contributed by atoms with Crippen LogP contribution in [0.4, 0.5) is 0 Å². The van der Waals surface area contributed by atoms with E-state index in [0.29, 0.717) is 12.2 Å². The van der Waals surface area contributed by atoms with E-state index in [9.17, 15) is 4.79 Å². The molecule has 0 spiro atoms. The number of carbonyl (C=O) groups excluding carboxylic acids is 1. The van der Waals surface area contributed by atoms with Gasteiger partial charge in [-0.25, -0.2) is 4.98 Å². The Hall–Kier alpha value is -1.69. The molecule has 1 amide bonds. The molecule has 20 heavy (non-hydrogen) atoms. The van der Waals surface area contributed by atoms with Crippen LogP contribution >= 0.6 is 11.3 Å². The average molecular weight is 290 g/mol. The van der Waals surface area contributed by atoms with Gasteiger partial charge in [0.05, 0.1) is 5.69 Å². The molecule has 6 heteroatoms. The molecule has 2 aromatic rings. The van der Waals surface area contributed by atoms with Gasteiger partial charge >= 0.3 is 0 Å². The van der Waals surface area contributed by atoms with E-state index in [-0.39, 0.29) is 5.91 Å². The Balaban J connectivity index is 1.63. The molecule has 0 bridgehead atoms. The third-order valence-electron chi connectivity index (χ3n) is 3.65. The van der Waals surface area contributed by atoms with Gasteiger partial charge in [-0.1, -0.05) is 23.0 Å². The summed E-state index contributed by atoms with van der Waals surface area (Å²) < 4.78 is 1.62. The highest BCUT2D eigenvalue weighted by molar-refractivity contribution is 7.14. The van der Waals surface area contributed by atoms with Crippen molar-refractivity contribution in [2.75, 3.05) is 6.54 Å². The van der Waals surface area contributed by atoms with Crippen LogP contribution in [0.3, 0.4) is 0 Å². The number of aromatic nitrogens is 3. The predicted octanol–water partition coefficient (Wildman–Crippen LogP) is 2.72. The molecule has 0 saturated carbocycles. The largest absolute Gasteiger partial charge is 0.350 e. The van der Waals surface area contributed by atoms with Gasteiger partial charge in [0, 0.05) is 6.54 Å². The fraction of sp³-hybridized carbons (Fsp3) is 0.500. The lowest BCUT2D eigenvalue weighted by Crippen LogP contribution is -2.27. The van der Waals surface area contributed by atoms with Gasteiger partial charge in [-0.2, -0.15) is 9.61 Å². The zero-order valence-electron chi connectivity index (χ0n) is 11.6. The first kappa shape index (κ1) is 13.3. The Kier molecular flexibility index (Phi) is 3.82. The Labute approximate surface area is 121 Å². The number of fused-ring (bicyclic) bond motifs is 1. The van der Waals surface area contributed by atoms with Gasteiger partial charge in [-0.05, 0) is 39.0 Å². The van der Waals surface area contributed by atoms with E-state index < -0.39 is 0 Å². The van der Waals surface area contributed by atoms with Gasteiger partial charge in [-0.3, -0.25) is 4.79 Å². The van der Waals surface area contributed by atoms with E-state index in [2.05, 4.69) is 21.5 Å². The minimum absolute atomic E-state index is 0.0858. The summed E-state index contributed by atoms with van der Waals surface area (Å²) in [6.07, 6.45) is 8.21. The second-order valence-corrected chi connectivity index (χ2v) is 5.90. The third-order valence-corrected chi connectivity index (χ3v) is 4.33. The van der Waals surface area contributed by atoms with Crippen LogP contribution in [0.1, 0.15) is 48.3 Å². The highest BCUT2D eigenvalue weighted by atomic mass is 32.1. The van der Waals surface area contributed by atoms with Gasteiger partial charge in [0.25, 0.3) is 5.91 Å². The molecule has 5 nitrogen and oxygen atoms in total. The molecule has 1 aliphatic carbocycles. The lowest BCUT2D eigenvalue weighted by atomic mass is 9.97. The first-order valence-corrected chi connectivity index (χ1v) is 7.88. The zero-order chi connectivity index (χ0) is 13.9. The van der Waals surface area contributed by atoms with E-state index in [1.54, 1.807) is 10.0 Å². The van der Waals surface area contributed by atoms with Crippen LogP contribution in [0.5, 0.6) is 0 Å². The Bertz CT molecular complexity index is 655. The van der Waals surface area contributed by atoms with Crippen LogP contribution in [0.15, 0.2) is 17.2 Å². The van der Waals surface area contributed by atoms with E-state index in [1.807, 2.05) is 6.92 Å². The fourth-order valence-corrected chi connectivity index (χ4v) is 3.27. The van der Waals surface area contributed by atoms with Crippen LogP contribution in [-0.4, -0.2) is 27.0 Å². The van der Waals surface area contributed by atoms with E-state index >= 15 is 0 Å². The second kappa shape index (κ2) is 5.75. The van der Waals surface area contributed by atoms with Gasteiger partial charge in [-0.15, -0.1) is 0 Å². The van der Waals surface area contributed by atoms with E-state index in [0.717, 1.165) is 17.1 Å². The van der Waals surface area contributed by atoms with Crippen molar-refractivity contribution in [2.24, 2.45) is 0 Å². The summed E-state index contributed by atoms with van der Waals surface area (Å²) in [6.45, 7) is 2.53. The predicted molar refractivity (Wildman–Crippen MR) is 79.1 cm³/mol. The van der Waals surface area contributed by atoms with Crippen molar-refractivity contribution in [3.8, 4) is 0 Å². The van der Waals surface area contributed by atoms with Gasteiger partial charge < -0.3 is 5.32 Å².